The number of hydrogen-bond donors (Lipinski definition) is 0. The predicted molar refractivity (Wildman–Crippen MR) is 128 cm³/mol. The van der Waals surface area contributed by atoms with Crippen LogP contribution in [0.4, 0.5) is 9.18 Å². The summed E-state index contributed by atoms with van der Waals surface area (Å²) in [6, 6.07) is 11.1. The van der Waals surface area contributed by atoms with E-state index in [0.717, 1.165) is 42.6 Å². The molecule has 33 heavy (non-hydrogen) atoms. The molecule has 1 aromatic heterocycles. The molecule has 0 unspecified atom stereocenters. The number of hydrazine groups is 1. The number of ether oxygens (including phenoxy) is 1. The fourth-order valence-electron chi connectivity index (χ4n) is 4.30. The van der Waals surface area contributed by atoms with Crippen LogP contribution in [0.3, 0.4) is 0 Å². The maximum absolute atomic E-state index is 14.7. The van der Waals surface area contributed by atoms with E-state index in [9.17, 15) is 9.18 Å². The standard InChI is InChI=1S/C26H33FN4O2/c1-5-12-30(29-13-6-7-14-29)18-22-16-19(8-10-23(22)27)20-9-11-24-21(15-20)17-28-31(24)25(32)33-26(2,3)4/h8-11,15-17H,5-7,12-14,18H2,1-4H3. The summed E-state index contributed by atoms with van der Waals surface area (Å²) in [5, 5.41) is 9.68. The van der Waals surface area contributed by atoms with Crippen molar-refractivity contribution in [2.45, 2.75) is 59.1 Å². The first-order valence-corrected chi connectivity index (χ1v) is 11.7. The van der Waals surface area contributed by atoms with Crippen molar-refractivity contribution >= 4 is 17.0 Å². The maximum Gasteiger partial charge on any atom is 0.435 e. The van der Waals surface area contributed by atoms with Crippen molar-refractivity contribution in [1.29, 1.82) is 0 Å². The van der Waals surface area contributed by atoms with Gasteiger partial charge in [-0.05, 0) is 75.4 Å². The molecule has 1 aliphatic rings. The molecule has 2 aromatic carbocycles. The van der Waals surface area contributed by atoms with Crippen LogP contribution in [-0.4, -0.2) is 51.1 Å². The zero-order valence-electron chi connectivity index (χ0n) is 20.0. The molecule has 0 saturated carbocycles. The lowest BCUT2D eigenvalue weighted by Crippen LogP contribution is -2.40. The number of benzene rings is 2. The van der Waals surface area contributed by atoms with Crippen molar-refractivity contribution in [2.75, 3.05) is 19.6 Å². The molecule has 0 bridgehead atoms. The van der Waals surface area contributed by atoms with E-state index in [2.05, 4.69) is 22.0 Å². The van der Waals surface area contributed by atoms with E-state index >= 15 is 0 Å². The predicted octanol–water partition coefficient (Wildman–Crippen LogP) is 5.85. The van der Waals surface area contributed by atoms with Crippen molar-refractivity contribution < 1.29 is 13.9 Å². The summed E-state index contributed by atoms with van der Waals surface area (Å²) in [6.07, 6.45) is 4.56. The van der Waals surface area contributed by atoms with Crippen LogP contribution >= 0.6 is 0 Å². The third-order valence-corrected chi connectivity index (χ3v) is 5.83. The van der Waals surface area contributed by atoms with Gasteiger partial charge in [-0.1, -0.05) is 19.1 Å². The van der Waals surface area contributed by atoms with Gasteiger partial charge < -0.3 is 4.74 Å². The molecule has 0 amide bonds. The van der Waals surface area contributed by atoms with Gasteiger partial charge in [-0.3, -0.25) is 0 Å². The number of carbonyl (C=O) groups is 1. The molecule has 0 N–H and O–H groups in total. The van der Waals surface area contributed by atoms with Crippen molar-refractivity contribution in [3.63, 3.8) is 0 Å². The first-order valence-electron chi connectivity index (χ1n) is 11.7. The number of carbonyl (C=O) groups excluding carboxylic acids is 1. The van der Waals surface area contributed by atoms with Crippen LogP contribution < -0.4 is 0 Å². The lowest BCUT2D eigenvalue weighted by Gasteiger charge is -2.31. The zero-order chi connectivity index (χ0) is 23.6. The summed E-state index contributed by atoms with van der Waals surface area (Å²) in [4.78, 5) is 12.5. The lowest BCUT2D eigenvalue weighted by atomic mass is 10.0. The molecule has 4 rings (SSSR count). The Morgan fingerprint density at radius 2 is 1.82 bits per heavy atom. The van der Waals surface area contributed by atoms with Crippen molar-refractivity contribution in [2.24, 2.45) is 0 Å². The molecule has 2 heterocycles. The number of rotatable bonds is 6. The Balaban J connectivity index is 1.60. The SMILES string of the molecule is CCCN(Cc1cc(-c2ccc3c(cnn3C(=O)OC(C)(C)C)c2)ccc1F)N1CCCC1. The van der Waals surface area contributed by atoms with E-state index in [1.54, 1.807) is 18.3 Å². The fraction of sp³-hybridized carbons (Fsp3) is 0.462. The second-order valence-corrected chi connectivity index (χ2v) is 9.67. The van der Waals surface area contributed by atoms with Gasteiger partial charge in [0.15, 0.2) is 0 Å². The second-order valence-electron chi connectivity index (χ2n) is 9.67. The normalized spacial score (nSPS) is 15.0. The van der Waals surface area contributed by atoms with Gasteiger partial charge in [-0.25, -0.2) is 19.2 Å². The highest BCUT2D eigenvalue weighted by Crippen LogP contribution is 2.28. The fourth-order valence-corrected chi connectivity index (χ4v) is 4.30. The minimum atomic E-state index is -0.597. The summed E-state index contributed by atoms with van der Waals surface area (Å²) in [6.45, 7) is 11.2. The van der Waals surface area contributed by atoms with E-state index < -0.39 is 11.7 Å². The molecule has 3 aromatic rings. The van der Waals surface area contributed by atoms with Crippen LogP contribution in [0.5, 0.6) is 0 Å². The average Bonchev–Trinajstić information content (AvgIpc) is 3.43. The molecule has 176 valence electrons. The van der Waals surface area contributed by atoms with E-state index in [0.29, 0.717) is 17.6 Å². The molecule has 0 radical (unpaired) electrons. The molecule has 0 aliphatic carbocycles. The molecule has 0 atom stereocenters. The van der Waals surface area contributed by atoms with Gasteiger partial charge in [0.05, 0.1) is 11.7 Å². The van der Waals surface area contributed by atoms with Crippen molar-refractivity contribution in [1.82, 2.24) is 19.8 Å². The molecular formula is C26H33FN4O2. The highest BCUT2D eigenvalue weighted by atomic mass is 19.1. The number of aromatic nitrogens is 2. The first kappa shape index (κ1) is 23.4. The Bertz CT molecular complexity index is 1130. The van der Waals surface area contributed by atoms with Crippen LogP contribution in [0.2, 0.25) is 0 Å². The molecule has 6 nitrogen and oxygen atoms in total. The van der Waals surface area contributed by atoms with Crippen LogP contribution in [0, 0.1) is 5.82 Å². The van der Waals surface area contributed by atoms with Crippen LogP contribution in [0.1, 0.15) is 52.5 Å². The minimum Gasteiger partial charge on any atom is -0.442 e. The van der Waals surface area contributed by atoms with Crippen LogP contribution in [0.15, 0.2) is 42.6 Å². The van der Waals surface area contributed by atoms with E-state index in [4.69, 9.17) is 4.74 Å². The Hall–Kier alpha value is -2.77. The number of hydrogen-bond acceptors (Lipinski definition) is 5. The van der Waals surface area contributed by atoms with Crippen LogP contribution in [0.25, 0.3) is 22.0 Å². The Kier molecular flexibility index (Phi) is 6.81. The first-order chi connectivity index (χ1) is 15.7. The summed E-state index contributed by atoms with van der Waals surface area (Å²) in [5.74, 6) is -0.183. The molecule has 1 aliphatic heterocycles. The minimum absolute atomic E-state index is 0.183. The topological polar surface area (TPSA) is 50.6 Å². The molecular weight excluding hydrogens is 419 g/mol. The summed E-state index contributed by atoms with van der Waals surface area (Å²) in [7, 11) is 0. The Labute approximate surface area is 194 Å². The summed E-state index contributed by atoms with van der Waals surface area (Å²) >= 11 is 0. The summed E-state index contributed by atoms with van der Waals surface area (Å²) < 4.78 is 21.5. The van der Waals surface area contributed by atoms with Gasteiger partial charge in [0.2, 0.25) is 0 Å². The molecule has 7 heteroatoms. The van der Waals surface area contributed by atoms with E-state index in [1.165, 1.54) is 17.5 Å². The van der Waals surface area contributed by atoms with Gasteiger partial charge in [0, 0.05) is 37.1 Å². The molecule has 1 fully saturated rings. The lowest BCUT2D eigenvalue weighted by molar-refractivity contribution is -0.0123. The number of nitrogens with zero attached hydrogens (tertiary/aromatic N) is 4. The van der Waals surface area contributed by atoms with E-state index in [1.807, 2.05) is 45.0 Å². The highest BCUT2D eigenvalue weighted by Gasteiger charge is 2.22. The third-order valence-electron chi connectivity index (χ3n) is 5.83. The smallest absolute Gasteiger partial charge is 0.435 e. The highest BCUT2D eigenvalue weighted by molar-refractivity contribution is 5.90. The second kappa shape index (κ2) is 9.61. The quantitative estimate of drug-likeness (QED) is 0.470. The Morgan fingerprint density at radius 3 is 2.52 bits per heavy atom. The van der Waals surface area contributed by atoms with Gasteiger partial charge in [-0.2, -0.15) is 9.78 Å². The Morgan fingerprint density at radius 1 is 1.12 bits per heavy atom. The third kappa shape index (κ3) is 5.42. The van der Waals surface area contributed by atoms with Gasteiger partial charge in [0.1, 0.15) is 11.4 Å². The van der Waals surface area contributed by atoms with Crippen molar-refractivity contribution in [3.05, 3.63) is 54.0 Å². The van der Waals surface area contributed by atoms with Gasteiger partial charge >= 0.3 is 6.09 Å². The zero-order valence-corrected chi connectivity index (χ0v) is 20.0. The largest absolute Gasteiger partial charge is 0.442 e. The molecule has 0 spiro atoms. The van der Waals surface area contributed by atoms with Gasteiger partial charge in [-0.15, -0.1) is 0 Å². The van der Waals surface area contributed by atoms with Crippen molar-refractivity contribution in [3.8, 4) is 11.1 Å². The van der Waals surface area contributed by atoms with E-state index in [-0.39, 0.29) is 5.82 Å². The monoisotopic (exact) mass is 452 g/mol. The van der Waals surface area contributed by atoms with Crippen LogP contribution in [-0.2, 0) is 11.3 Å². The number of fused-ring (bicyclic) bond motifs is 1. The number of halogens is 1. The average molecular weight is 453 g/mol. The summed E-state index contributed by atoms with van der Waals surface area (Å²) in [5.41, 5.74) is 2.67. The molecule has 1 saturated heterocycles. The van der Waals surface area contributed by atoms with Gasteiger partial charge in [0.25, 0.3) is 0 Å². The maximum atomic E-state index is 14.7.